The Morgan fingerprint density at radius 2 is 2.08 bits per heavy atom. The first-order valence-corrected chi connectivity index (χ1v) is 11.7. The molecular formula is C23H25ClN10O2. The van der Waals surface area contributed by atoms with Crippen molar-refractivity contribution in [1.29, 1.82) is 5.26 Å². The molecular weight excluding hydrogens is 484 g/mol. The van der Waals surface area contributed by atoms with Crippen molar-refractivity contribution < 1.29 is 9.47 Å². The number of ether oxygens (including phenoxy) is 2. The molecule has 12 nitrogen and oxygen atoms in total. The van der Waals surface area contributed by atoms with Crippen LogP contribution in [0.3, 0.4) is 0 Å². The van der Waals surface area contributed by atoms with Crippen molar-refractivity contribution in [2.45, 2.75) is 38.6 Å². The molecule has 5 heterocycles. The number of nitriles is 1. The summed E-state index contributed by atoms with van der Waals surface area (Å²) in [4.78, 5) is 9.03. The zero-order chi connectivity index (χ0) is 25.4. The third-order valence-electron chi connectivity index (χ3n) is 5.84. The Morgan fingerprint density at radius 3 is 2.81 bits per heavy atom. The summed E-state index contributed by atoms with van der Waals surface area (Å²) in [6.45, 7) is 7.88. The summed E-state index contributed by atoms with van der Waals surface area (Å²) in [5.41, 5.74) is 2.07. The van der Waals surface area contributed by atoms with E-state index in [9.17, 15) is 0 Å². The summed E-state index contributed by atoms with van der Waals surface area (Å²) < 4.78 is 15.3. The molecule has 0 spiro atoms. The van der Waals surface area contributed by atoms with E-state index in [0.29, 0.717) is 46.1 Å². The molecule has 4 aromatic heterocycles. The lowest BCUT2D eigenvalue weighted by Crippen LogP contribution is -2.22. The minimum absolute atomic E-state index is 0.0938. The Morgan fingerprint density at radius 1 is 1.25 bits per heavy atom. The van der Waals surface area contributed by atoms with Gasteiger partial charge in [-0.15, -0.1) is 5.10 Å². The van der Waals surface area contributed by atoms with Crippen LogP contribution in [0.5, 0.6) is 11.5 Å². The van der Waals surface area contributed by atoms with E-state index in [2.05, 4.69) is 56.3 Å². The van der Waals surface area contributed by atoms with Gasteiger partial charge in [0.05, 0.1) is 25.0 Å². The van der Waals surface area contributed by atoms with Crippen LogP contribution in [-0.4, -0.2) is 47.7 Å². The maximum Gasteiger partial charge on any atom is 0.210 e. The van der Waals surface area contributed by atoms with Crippen molar-refractivity contribution in [2.24, 2.45) is 7.05 Å². The maximum absolute atomic E-state index is 8.78. The number of aromatic nitrogens is 7. The predicted molar refractivity (Wildman–Crippen MR) is 134 cm³/mol. The zero-order valence-electron chi connectivity index (χ0n) is 20.3. The van der Waals surface area contributed by atoms with E-state index in [1.807, 2.05) is 13.1 Å². The van der Waals surface area contributed by atoms with Crippen LogP contribution in [0.15, 0.2) is 24.5 Å². The van der Waals surface area contributed by atoms with Crippen LogP contribution in [0.1, 0.15) is 38.9 Å². The van der Waals surface area contributed by atoms with E-state index in [1.165, 1.54) is 18.5 Å². The van der Waals surface area contributed by atoms with E-state index < -0.39 is 0 Å². The fourth-order valence-corrected chi connectivity index (χ4v) is 4.37. The SMILES string of the molecule is Cn1c(Nc2cc(C(C)(C)C)n([C@@H]3CCOC3)n2)nc2ncc(Oc3cnnc(NC#N)c3)c(Cl)c21. The maximum atomic E-state index is 8.78. The molecule has 2 N–H and O–H groups in total. The smallest absolute Gasteiger partial charge is 0.210 e. The van der Waals surface area contributed by atoms with Crippen LogP contribution < -0.4 is 15.4 Å². The number of anilines is 3. The molecule has 0 bridgehead atoms. The first-order valence-electron chi connectivity index (χ1n) is 11.4. The lowest BCUT2D eigenvalue weighted by molar-refractivity contribution is 0.183. The van der Waals surface area contributed by atoms with Crippen LogP contribution in [0, 0.1) is 11.5 Å². The number of halogens is 1. The highest BCUT2D eigenvalue weighted by Crippen LogP contribution is 2.36. The molecule has 4 aromatic rings. The van der Waals surface area contributed by atoms with Gasteiger partial charge in [-0.25, -0.2) is 4.98 Å². The third-order valence-corrected chi connectivity index (χ3v) is 6.21. The molecule has 0 saturated carbocycles. The molecule has 186 valence electrons. The highest BCUT2D eigenvalue weighted by Gasteiger charge is 2.28. The van der Waals surface area contributed by atoms with Gasteiger partial charge < -0.3 is 19.4 Å². The highest BCUT2D eigenvalue weighted by molar-refractivity contribution is 6.36. The minimum atomic E-state index is -0.0938. The fraction of sp³-hybridized carbons (Fsp3) is 0.391. The van der Waals surface area contributed by atoms with Crippen molar-refractivity contribution in [1.82, 2.24) is 34.5 Å². The average molecular weight is 509 g/mol. The largest absolute Gasteiger partial charge is 0.452 e. The quantitative estimate of drug-likeness (QED) is 0.286. The molecule has 1 fully saturated rings. The number of rotatable bonds is 6. The number of nitrogens with one attached hydrogen (secondary N) is 2. The Balaban J connectivity index is 1.46. The van der Waals surface area contributed by atoms with Gasteiger partial charge in [0.1, 0.15) is 10.5 Å². The normalized spacial score (nSPS) is 15.7. The number of hydrogen-bond donors (Lipinski definition) is 2. The number of imidazole rings is 1. The molecule has 0 aromatic carbocycles. The molecule has 1 aliphatic heterocycles. The van der Waals surface area contributed by atoms with Gasteiger partial charge in [0.15, 0.2) is 35.0 Å². The summed E-state index contributed by atoms with van der Waals surface area (Å²) in [5, 5.41) is 27.3. The van der Waals surface area contributed by atoms with Gasteiger partial charge in [0.25, 0.3) is 0 Å². The molecule has 0 amide bonds. The van der Waals surface area contributed by atoms with E-state index in [0.717, 1.165) is 18.7 Å². The van der Waals surface area contributed by atoms with Crippen LogP contribution in [-0.2, 0) is 17.2 Å². The lowest BCUT2D eigenvalue weighted by atomic mass is 9.91. The van der Waals surface area contributed by atoms with Crippen molar-refractivity contribution in [3.05, 3.63) is 35.2 Å². The molecule has 0 aliphatic carbocycles. The van der Waals surface area contributed by atoms with E-state index in [-0.39, 0.29) is 17.3 Å². The second-order valence-corrected chi connectivity index (χ2v) is 9.85. The number of fused-ring (bicyclic) bond motifs is 1. The highest BCUT2D eigenvalue weighted by atomic mass is 35.5. The first-order chi connectivity index (χ1) is 17.2. The van der Waals surface area contributed by atoms with E-state index in [1.54, 1.807) is 10.8 Å². The molecule has 0 unspecified atom stereocenters. The molecule has 5 rings (SSSR count). The predicted octanol–water partition coefficient (Wildman–Crippen LogP) is 4.30. The van der Waals surface area contributed by atoms with Crippen LogP contribution >= 0.6 is 11.6 Å². The summed E-state index contributed by atoms with van der Waals surface area (Å²) in [6, 6.07) is 3.79. The van der Waals surface area contributed by atoms with Crippen molar-refractivity contribution in [2.75, 3.05) is 23.8 Å². The Hall–Kier alpha value is -3.95. The number of pyridine rings is 1. The zero-order valence-corrected chi connectivity index (χ0v) is 21.0. The van der Waals surface area contributed by atoms with E-state index >= 15 is 0 Å². The van der Waals surface area contributed by atoms with Crippen molar-refractivity contribution in [3.63, 3.8) is 0 Å². The van der Waals surface area contributed by atoms with Crippen molar-refractivity contribution >= 4 is 40.3 Å². The van der Waals surface area contributed by atoms with E-state index in [4.69, 9.17) is 31.4 Å². The fourth-order valence-electron chi connectivity index (χ4n) is 4.07. The average Bonchev–Trinajstić information content (AvgIpc) is 3.56. The first kappa shape index (κ1) is 23.8. The van der Waals surface area contributed by atoms with Gasteiger partial charge in [-0.2, -0.15) is 20.4 Å². The van der Waals surface area contributed by atoms with Gasteiger partial charge in [-0.05, 0) is 6.42 Å². The van der Waals surface area contributed by atoms with Crippen LogP contribution in [0.2, 0.25) is 5.02 Å². The summed E-state index contributed by atoms with van der Waals surface area (Å²) in [5.74, 6) is 2.14. The molecule has 36 heavy (non-hydrogen) atoms. The molecule has 0 radical (unpaired) electrons. The third kappa shape index (κ3) is 4.50. The summed E-state index contributed by atoms with van der Waals surface area (Å²) in [7, 11) is 1.84. The second-order valence-electron chi connectivity index (χ2n) is 9.47. The molecule has 1 atom stereocenters. The lowest BCUT2D eigenvalue weighted by Gasteiger charge is -2.22. The van der Waals surface area contributed by atoms with Gasteiger partial charge >= 0.3 is 0 Å². The summed E-state index contributed by atoms with van der Waals surface area (Å²) >= 11 is 6.70. The monoisotopic (exact) mass is 508 g/mol. The van der Waals surface area contributed by atoms with Crippen LogP contribution in [0.25, 0.3) is 11.2 Å². The molecule has 1 saturated heterocycles. The van der Waals surface area contributed by atoms with Gasteiger partial charge in [0.2, 0.25) is 5.95 Å². The number of hydrogen-bond acceptors (Lipinski definition) is 10. The summed E-state index contributed by atoms with van der Waals surface area (Å²) in [6.07, 6.45) is 5.63. The Bertz CT molecular complexity index is 1460. The van der Waals surface area contributed by atoms with Crippen LogP contribution in [0.4, 0.5) is 17.6 Å². The second kappa shape index (κ2) is 9.25. The molecule has 1 aliphatic rings. The topological polar surface area (TPSA) is 141 Å². The van der Waals surface area contributed by atoms with Gasteiger partial charge in [0, 0.05) is 36.9 Å². The Labute approximate surface area is 212 Å². The Kier molecular flexibility index (Phi) is 6.11. The van der Waals surface area contributed by atoms with Crippen molar-refractivity contribution in [3.8, 4) is 17.7 Å². The van der Waals surface area contributed by atoms with Gasteiger partial charge in [-0.3, -0.25) is 10.00 Å². The number of nitrogens with zero attached hydrogens (tertiary/aromatic N) is 8. The standard InChI is InChI=1S/C23H25ClN10O2/c1-23(2,3)16-8-18(32-34(16)13-5-6-35-11-13)29-22-30-21-20(33(22)4)19(24)15(10-26-21)36-14-7-17(27-12-25)31-28-9-14/h7-10,13H,5-6,11H2,1-4H3,(H,27,31)(H,26,29,30,32)/t13-/m1/s1. The number of aryl methyl sites for hydroxylation is 1. The van der Waals surface area contributed by atoms with Gasteiger partial charge in [-0.1, -0.05) is 32.4 Å². The molecule has 13 heteroatoms. The minimum Gasteiger partial charge on any atom is -0.452 e.